The predicted molar refractivity (Wildman–Crippen MR) is 117 cm³/mol. The molecule has 9 nitrogen and oxygen atoms in total. The Morgan fingerprint density at radius 3 is 2.42 bits per heavy atom. The van der Waals surface area contributed by atoms with Crippen LogP contribution in [0.2, 0.25) is 5.02 Å². The highest BCUT2D eigenvalue weighted by molar-refractivity contribution is 7.89. The van der Waals surface area contributed by atoms with Gasteiger partial charge in [-0.3, -0.25) is 14.4 Å². The lowest BCUT2D eigenvalue weighted by molar-refractivity contribution is 0.0710. The van der Waals surface area contributed by atoms with Crippen LogP contribution in [0, 0.1) is 0 Å². The van der Waals surface area contributed by atoms with E-state index in [0.29, 0.717) is 5.02 Å². The molecule has 0 bridgehead atoms. The molecule has 0 saturated heterocycles. The average Bonchev–Trinajstić information content (AvgIpc) is 2.73. The number of nitrogens with zero attached hydrogens (tertiary/aromatic N) is 3. The second-order valence-corrected chi connectivity index (χ2v) is 10.0. The number of nitrogens with one attached hydrogen (secondary N) is 1. The maximum atomic E-state index is 12.8. The number of sulfonamides is 1. The molecule has 1 aliphatic rings. The van der Waals surface area contributed by atoms with Gasteiger partial charge in [0.2, 0.25) is 10.0 Å². The third-order valence-electron chi connectivity index (χ3n) is 5.06. The number of pyridine rings is 1. The Morgan fingerprint density at radius 1 is 1.10 bits per heavy atom. The maximum Gasteiger partial charge on any atom is 0.270 e. The zero-order valence-electron chi connectivity index (χ0n) is 17.2. The summed E-state index contributed by atoms with van der Waals surface area (Å²) in [6.45, 7) is 0.617. The summed E-state index contributed by atoms with van der Waals surface area (Å²) in [6.07, 6.45) is 0. The van der Waals surface area contributed by atoms with Crippen molar-refractivity contribution >= 4 is 33.4 Å². The summed E-state index contributed by atoms with van der Waals surface area (Å²) in [5.74, 6) is -1.19. The number of rotatable bonds is 7. The minimum absolute atomic E-state index is 0.0247. The average molecular weight is 467 g/mol. The number of amides is 2. The first-order valence-electron chi connectivity index (χ1n) is 9.56. The lowest BCUT2D eigenvalue weighted by atomic mass is 10.1. The van der Waals surface area contributed by atoms with Crippen molar-refractivity contribution in [2.75, 3.05) is 32.9 Å². The van der Waals surface area contributed by atoms with Crippen molar-refractivity contribution in [3.05, 3.63) is 68.6 Å². The Morgan fingerprint density at radius 2 is 1.77 bits per heavy atom. The van der Waals surface area contributed by atoms with Crippen LogP contribution in [0.15, 0.2) is 41.2 Å². The molecule has 2 heterocycles. The first-order valence-corrected chi connectivity index (χ1v) is 11.5. The molecule has 11 heteroatoms. The summed E-state index contributed by atoms with van der Waals surface area (Å²) in [4.78, 5) is 39.4. The molecule has 0 fully saturated rings. The Hall–Kier alpha value is -2.69. The Labute approximate surface area is 185 Å². The van der Waals surface area contributed by atoms with Crippen molar-refractivity contribution in [3.8, 4) is 0 Å². The van der Waals surface area contributed by atoms with Crippen LogP contribution >= 0.6 is 11.6 Å². The standard InChI is InChI=1S/C20H23ClN4O5S/c1-23(2)31(29,30)12-11-24-9-10-25-17(20(24)28)8-7-16(19(25)27)18(26)22-13-14-3-5-15(21)6-4-14/h3-8H,9-13H2,1-2H3,(H,22,26). The first-order chi connectivity index (χ1) is 14.6. The van der Waals surface area contributed by atoms with Crippen molar-refractivity contribution in [1.29, 1.82) is 0 Å². The molecule has 31 heavy (non-hydrogen) atoms. The highest BCUT2D eigenvalue weighted by Gasteiger charge is 2.28. The molecule has 3 rings (SSSR count). The van der Waals surface area contributed by atoms with Crippen LogP contribution in [0.5, 0.6) is 0 Å². The predicted octanol–water partition coefficient (Wildman–Crippen LogP) is 0.779. The minimum Gasteiger partial charge on any atom is -0.348 e. The van der Waals surface area contributed by atoms with E-state index in [-0.39, 0.29) is 43.2 Å². The van der Waals surface area contributed by atoms with Gasteiger partial charge in [0.05, 0.1) is 5.75 Å². The van der Waals surface area contributed by atoms with Crippen molar-refractivity contribution in [2.24, 2.45) is 0 Å². The quantitative estimate of drug-likeness (QED) is 0.648. The summed E-state index contributed by atoms with van der Waals surface area (Å²) in [7, 11) is -0.581. The SMILES string of the molecule is CN(C)S(=O)(=O)CCN1CCn2c(ccc(C(=O)NCc3ccc(Cl)cc3)c2=O)C1=O. The van der Waals surface area contributed by atoms with Gasteiger partial charge in [0.1, 0.15) is 11.3 Å². The van der Waals surface area contributed by atoms with Crippen molar-refractivity contribution < 1.29 is 18.0 Å². The minimum atomic E-state index is -3.45. The fourth-order valence-electron chi connectivity index (χ4n) is 3.15. The second kappa shape index (κ2) is 9.21. The zero-order chi connectivity index (χ0) is 22.8. The molecule has 1 aromatic carbocycles. The van der Waals surface area contributed by atoms with Gasteiger partial charge in [-0.15, -0.1) is 0 Å². The van der Waals surface area contributed by atoms with E-state index in [1.165, 1.54) is 35.7 Å². The van der Waals surface area contributed by atoms with Crippen LogP contribution in [0.4, 0.5) is 0 Å². The lowest BCUT2D eigenvalue weighted by Gasteiger charge is -2.30. The Kier molecular flexibility index (Phi) is 6.83. The molecule has 1 aromatic heterocycles. The monoisotopic (exact) mass is 466 g/mol. The van der Waals surface area contributed by atoms with E-state index >= 15 is 0 Å². The van der Waals surface area contributed by atoms with Gasteiger partial charge in [-0.1, -0.05) is 23.7 Å². The summed E-state index contributed by atoms with van der Waals surface area (Å²) in [5, 5.41) is 3.27. The molecule has 0 atom stereocenters. The van der Waals surface area contributed by atoms with E-state index in [9.17, 15) is 22.8 Å². The van der Waals surface area contributed by atoms with Gasteiger partial charge in [0, 0.05) is 45.3 Å². The number of hydrogen-bond donors (Lipinski definition) is 1. The topological polar surface area (TPSA) is 109 Å². The molecule has 1 aliphatic heterocycles. The molecule has 166 valence electrons. The van der Waals surface area contributed by atoms with Gasteiger partial charge < -0.3 is 14.8 Å². The highest BCUT2D eigenvalue weighted by atomic mass is 35.5. The number of benzene rings is 1. The summed E-state index contributed by atoms with van der Waals surface area (Å²) < 4.78 is 26.3. The van der Waals surface area contributed by atoms with E-state index in [1.54, 1.807) is 24.3 Å². The number of carbonyl (C=O) groups is 2. The van der Waals surface area contributed by atoms with Gasteiger partial charge >= 0.3 is 0 Å². The van der Waals surface area contributed by atoms with E-state index in [0.717, 1.165) is 9.87 Å². The molecule has 0 aliphatic carbocycles. The number of aromatic nitrogens is 1. The fourth-order valence-corrected chi connectivity index (χ4v) is 4.09. The van der Waals surface area contributed by atoms with Crippen molar-refractivity contribution in [2.45, 2.75) is 13.1 Å². The largest absolute Gasteiger partial charge is 0.348 e. The number of halogens is 1. The van der Waals surface area contributed by atoms with Gasteiger partial charge in [-0.2, -0.15) is 0 Å². The van der Waals surface area contributed by atoms with Crippen molar-refractivity contribution in [3.63, 3.8) is 0 Å². The first kappa shape index (κ1) is 23.0. The normalized spacial score (nSPS) is 13.9. The van der Waals surface area contributed by atoms with E-state index in [2.05, 4.69) is 5.32 Å². The van der Waals surface area contributed by atoms with Crippen LogP contribution in [0.25, 0.3) is 0 Å². The van der Waals surface area contributed by atoms with Gasteiger partial charge in [0.25, 0.3) is 17.4 Å². The number of hydrogen-bond acceptors (Lipinski definition) is 5. The fraction of sp³-hybridized carbons (Fsp3) is 0.350. The lowest BCUT2D eigenvalue weighted by Crippen LogP contribution is -2.47. The molecule has 0 spiro atoms. The smallest absolute Gasteiger partial charge is 0.270 e. The van der Waals surface area contributed by atoms with Gasteiger partial charge in [-0.25, -0.2) is 12.7 Å². The van der Waals surface area contributed by atoms with Crippen LogP contribution in [-0.4, -0.2) is 66.9 Å². The Balaban J connectivity index is 1.72. The summed E-state index contributed by atoms with van der Waals surface area (Å²) >= 11 is 5.84. The van der Waals surface area contributed by atoms with E-state index in [1.807, 2.05) is 0 Å². The van der Waals surface area contributed by atoms with E-state index < -0.39 is 27.4 Å². The van der Waals surface area contributed by atoms with Crippen molar-refractivity contribution in [1.82, 2.24) is 19.1 Å². The zero-order valence-corrected chi connectivity index (χ0v) is 18.7. The summed E-state index contributed by atoms with van der Waals surface area (Å²) in [6, 6.07) is 9.70. The number of fused-ring (bicyclic) bond motifs is 1. The van der Waals surface area contributed by atoms with E-state index in [4.69, 9.17) is 11.6 Å². The molecular weight excluding hydrogens is 444 g/mol. The van der Waals surface area contributed by atoms with Crippen LogP contribution < -0.4 is 10.9 Å². The van der Waals surface area contributed by atoms with Crippen LogP contribution in [0.1, 0.15) is 26.4 Å². The Bertz CT molecular complexity index is 1160. The molecule has 0 unspecified atom stereocenters. The third kappa shape index (κ3) is 5.15. The second-order valence-electron chi connectivity index (χ2n) is 7.29. The molecule has 0 saturated carbocycles. The highest BCUT2D eigenvalue weighted by Crippen LogP contribution is 2.13. The molecule has 1 N–H and O–H groups in total. The summed E-state index contributed by atoms with van der Waals surface area (Å²) in [5.41, 5.74) is 0.344. The van der Waals surface area contributed by atoms with Gasteiger partial charge in [0.15, 0.2) is 0 Å². The van der Waals surface area contributed by atoms with Crippen LogP contribution in [0.3, 0.4) is 0 Å². The van der Waals surface area contributed by atoms with Crippen LogP contribution in [-0.2, 0) is 23.1 Å². The molecule has 2 aromatic rings. The molecule has 0 radical (unpaired) electrons. The maximum absolute atomic E-state index is 12.8. The third-order valence-corrected chi connectivity index (χ3v) is 7.12. The molecular formula is C20H23ClN4O5S. The number of carbonyl (C=O) groups excluding carboxylic acids is 2. The molecule has 2 amide bonds. The van der Waals surface area contributed by atoms with Gasteiger partial charge in [-0.05, 0) is 29.8 Å².